The lowest BCUT2D eigenvalue weighted by atomic mass is 10.1. The molecule has 2 aromatic heterocycles. The maximum Gasteiger partial charge on any atom is 0.416 e. The van der Waals surface area contributed by atoms with Gasteiger partial charge in [-0.2, -0.15) is 13.2 Å². The number of rotatable bonds is 3. The fraction of sp³-hybridized carbons (Fsp3) is 0.188. The molecule has 1 amide bonds. The summed E-state index contributed by atoms with van der Waals surface area (Å²) in [4.78, 5) is 16.4. The third-order valence-corrected chi connectivity index (χ3v) is 4.23. The number of aryl methyl sites for hydroxylation is 2. The van der Waals surface area contributed by atoms with Crippen LogP contribution in [0.25, 0.3) is 11.3 Å². The number of aromatic nitrogens is 2. The van der Waals surface area contributed by atoms with E-state index in [0.717, 1.165) is 23.5 Å². The van der Waals surface area contributed by atoms with Crippen molar-refractivity contribution in [3.8, 4) is 11.3 Å². The summed E-state index contributed by atoms with van der Waals surface area (Å²) in [5, 5.41) is 8.17. The van der Waals surface area contributed by atoms with E-state index in [9.17, 15) is 18.0 Å². The van der Waals surface area contributed by atoms with Gasteiger partial charge in [0.05, 0.1) is 17.0 Å². The Bertz CT molecular complexity index is 911. The average Bonchev–Trinajstić information content (AvgIpc) is 3.13. The highest BCUT2D eigenvalue weighted by Crippen LogP contribution is 2.33. The van der Waals surface area contributed by atoms with Crippen LogP contribution in [0.4, 0.5) is 18.3 Å². The van der Waals surface area contributed by atoms with Crippen LogP contribution in [0, 0.1) is 13.8 Å². The van der Waals surface area contributed by atoms with Crippen molar-refractivity contribution in [1.82, 2.24) is 10.1 Å². The lowest BCUT2D eigenvalue weighted by molar-refractivity contribution is -0.137. The Hall–Kier alpha value is -2.68. The normalized spacial score (nSPS) is 11.6. The Morgan fingerprint density at radius 3 is 2.68 bits per heavy atom. The van der Waals surface area contributed by atoms with Gasteiger partial charge in [0.15, 0.2) is 5.13 Å². The number of anilines is 1. The van der Waals surface area contributed by atoms with Gasteiger partial charge in [0.1, 0.15) is 11.3 Å². The van der Waals surface area contributed by atoms with Crippen LogP contribution in [0.3, 0.4) is 0 Å². The Morgan fingerprint density at radius 2 is 2.04 bits per heavy atom. The van der Waals surface area contributed by atoms with E-state index in [1.165, 1.54) is 12.1 Å². The predicted octanol–water partition coefficient (Wildman–Crippen LogP) is 4.69. The van der Waals surface area contributed by atoms with Gasteiger partial charge in [-0.25, -0.2) is 4.98 Å². The maximum atomic E-state index is 12.8. The quantitative estimate of drug-likeness (QED) is 0.729. The number of alkyl halides is 3. The van der Waals surface area contributed by atoms with Crippen LogP contribution in [0.2, 0.25) is 0 Å². The number of nitrogens with one attached hydrogen (secondary N) is 1. The van der Waals surface area contributed by atoms with Gasteiger partial charge < -0.3 is 4.52 Å². The van der Waals surface area contributed by atoms with Crippen molar-refractivity contribution in [2.24, 2.45) is 0 Å². The summed E-state index contributed by atoms with van der Waals surface area (Å²) in [6.07, 6.45) is -4.42. The molecule has 0 fully saturated rings. The molecule has 0 unspecified atom stereocenters. The van der Waals surface area contributed by atoms with Crippen LogP contribution in [0.15, 0.2) is 34.2 Å². The molecule has 0 spiro atoms. The molecule has 3 aromatic rings. The molecule has 130 valence electrons. The lowest BCUT2D eigenvalue weighted by Crippen LogP contribution is -2.13. The van der Waals surface area contributed by atoms with E-state index >= 15 is 0 Å². The number of nitrogens with zero attached hydrogens (tertiary/aromatic N) is 2. The van der Waals surface area contributed by atoms with Crippen LogP contribution >= 0.6 is 11.3 Å². The average molecular weight is 367 g/mol. The molecule has 0 saturated heterocycles. The van der Waals surface area contributed by atoms with Gasteiger partial charge in [0, 0.05) is 10.9 Å². The number of hydrogen-bond acceptors (Lipinski definition) is 5. The number of thiazole rings is 1. The number of halogens is 3. The number of amides is 1. The monoisotopic (exact) mass is 367 g/mol. The predicted molar refractivity (Wildman–Crippen MR) is 86.5 cm³/mol. The first-order valence-electron chi connectivity index (χ1n) is 7.13. The molecule has 0 radical (unpaired) electrons. The van der Waals surface area contributed by atoms with Gasteiger partial charge >= 0.3 is 6.18 Å². The summed E-state index contributed by atoms with van der Waals surface area (Å²) in [5.74, 6) is -0.0501. The molecule has 0 aliphatic rings. The van der Waals surface area contributed by atoms with Crippen LogP contribution in [0.5, 0.6) is 0 Å². The summed E-state index contributed by atoms with van der Waals surface area (Å²) >= 11 is 1.12. The summed E-state index contributed by atoms with van der Waals surface area (Å²) < 4.78 is 43.4. The minimum absolute atomic E-state index is 0.275. The minimum Gasteiger partial charge on any atom is -0.361 e. The Labute approximate surface area is 144 Å². The summed E-state index contributed by atoms with van der Waals surface area (Å²) in [6.45, 7) is 3.26. The van der Waals surface area contributed by atoms with E-state index in [1.54, 1.807) is 19.2 Å². The highest BCUT2D eigenvalue weighted by atomic mass is 32.1. The molecule has 1 N–H and O–H groups in total. The Balaban J connectivity index is 1.83. The smallest absolute Gasteiger partial charge is 0.361 e. The van der Waals surface area contributed by atoms with E-state index in [4.69, 9.17) is 4.52 Å². The largest absolute Gasteiger partial charge is 0.416 e. The summed E-state index contributed by atoms with van der Waals surface area (Å²) in [5.41, 5.74) is 0.689. The Morgan fingerprint density at radius 1 is 1.28 bits per heavy atom. The zero-order valence-corrected chi connectivity index (χ0v) is 14.0. The van der Waals surface area contributed by atoms with Gasteiger partial charge in [-0.05, 0) is 26.0 Å². The lowest BCUT2D eigenvalue weighted by Gasteiger charge is -2.07. The van der Waals surface area contributed by atoms with Crippen molar-refractivity contribution in [3.05, 3.63) is 52.2 Å². The third kappa shape index (κ3) is 3.55. The topological polar surface area (TPSA) is 68.0 Å². The summed E-state index contributed by atoms with van der Waals surface area (Å²) in [7, 11) is 0. The molecule has 0 atom stereocenters. The Kier molecular flexibility index (Phi) is 4.34. The number of benzene rings is 1. The fourth-order valence-corrected chi connectivity index (χ4v) is 3.00. The molecule has 0 aliphatic carbocycles. The summed E-state index contributed by atoms with van der Waals surface area (Å²) in [6, 6.07) is 4.87. The first-order chi connectivity index (χ1) is 11.8. The molecular weight excluding hydrogens is 355 g/mol. The molecule has 5 nitrogen and oxygen atoms in total. The van der Waals surface area contributed by atoms with Crippen LogP contribution in [-0.4, -0.2) is 16.0 Å². The van der Waals surface area contributed by atoms with Crippen molar-refractivity contribution in [2.75, 3.05) is 5.32 Å². The standard InChI is InChI=1S/C16H12F3N3O2S/c1-8-13(9(2)24-22-8)14(23)21-15-20-12(7-25-15)10-4-3-5-11(6-10)16(17,18)19/h3-7H,1-2H3,(H,20,21,23). The molecule has 0 aliphatic heterocycles. The fourth-order valence-electron chi connectivity index (χ4n) is 2.29. The SMILES string of the molecule is Cc1noc(C)c1C(=O)Nc1nc(-c2cccc(C(F)(F)F)c2)cs1. The number of carbonyl (C=O) groups is 1. The van der Waals surface area contributed by atoms with Crippen LogP contribution < -0.4 is 5.32 Å². The van der Waals surface area contributed by atoms with Gasteiger partial charge in [-0.3, -0.25) is 10.1 Å². The van der Waals surface area contributed by atoms with E-state index < -0.39 is 17.6 Å². The van der Waals surface area contributed by atoms with Crippen molar-refractivity contribution < 1.29 is 22.5 Å². The number of carbonyl (C=O) groups excluding carboxylic acids is 1. The van der Waals surface area contributed by atoms with E-state index in [2.05, 4.69) is 15.5 Å². The molecular formula is C16H12F3N3O2S. The molecule has 0 saturated carbocycles. The second-order valence-corrected chi connectivity index (χ2v) is 6.13. The van der Waals surface area contributed by atoms with E-state index in [1.807, 2.05) is 0 Å². The van der Waals surface area contributed by atoms with Crippen LogP contribution in [0.1, 0.15) is 27.4 Å². The zero-order chi connectivity index (χ0) is 18.2. The van der Waals surface area contributed by atoms with E-state index in [-0.39, 0.29) is 5.13 Å². The second kappa shape index (κ2) is 6.32. The van der Waals surface area contributed by atoms with Gasteiger partial charge in [-0.15, -0.1) is 11.3 Å². The van der Waals surface area contributed by atoms with Crippen molar-refractivity contribution in [3.63, 3.8) is 0 Å². The molecule has 9 heteroatoms. The highest BCUT2D eigenvalue weighted by molar-refractivity contribution is 7.14. The third-order valence-electron chi connectivity index (χ3n) is 3.47. The molecule has 1 aromatic carbocycles. The van der Waals surface area contributed by atoms with Crippen molar-refractivity contribution in [1.29, 1.82) is 0 Å². The molecule has 3 rings (SSSR count). The van der Waals surface area contributed by atoms with Gasteiger partial charge in [0.25, 0.3) is 5.91 Å². The molecule has 0 bridgehead atoms. The second-order valence-electron chi connectivity index (χ2n) is 5.27. The number of hydrogen-bond donors (Lipinski definition) is 1. The molecule has 2 heterocycles. The maximum absolute atomic E-state index is 12.8. The highest BCUT2D eigenvalue weighted by Gasteiger charge is 2.30. The first-order valence-corrected chi connectivity index (χ1v) is 8.01. The van der Waals surface area contributed by atoms with E-state index in [0.29, 0.717) is 28.3 Å². The minimum atomic E-state index is -4.42. The van der Waals surface area contributed by atoms with Gasteiger partial charge in [-0.1, -0.05) is 17.3 Å². The van der Waals surface area contributed by atoms with Gasteiger partial charge in [0.2, 0.25) is 0 Å². The zero-order valence-electron chi connectivity index (χ0n) is 13.1. The molecule has 25 heavy (non-hydrogen) atoms. The van der Waals surface area contributed by atoms with Crippen molar-refractivity contribution in [2.45, 2.75) is 20.0 Å². The van der Waals surface area contributed by atoms with Crippen molar-refractivity contribution >= 4 is 22.4 Å². The van der Waals surface area contributed by atoms with Crippen LogP contribution in [-0.2, 0) is 6.18 Å². The first kappa shape index (κ1) is 17.2.